The number of imidazole rings is 1. The molecule has 0 radical (unpaired) electrons. The van der Waals surface area contributed by atoms with Crippen molar-refractivity contribution in [2.45, 2.75) is 45.4 Å². The lowest BCUT2D eigenvalue weighted by Gasteiger charge is -2.02. The summed E-state index contributed by atoms with van der Waals surface area (Å²) in [7, 11) is 1.99. The number of hydrogen-bond donors (Lipinski definition) is 1. The van der Waals surface area contributed by atoms with Crippen molar-refractivity contribution in [3.8, 4) is 11.4 Å². The van der Waals surface area contributed by atoms with Crippen LogP contribution >= 0.6 is 0 Å². The normalized spacial score (nSPS) is 10.9. The van der Waals surface area contributed by atoms with Crippen LogP contribution in [0.5, 0.6) is 0 Å². The van der Waals surface area contributed by atoms with Gasteiger partial charge in [0.25, 0.3) is 0 Å². The van der Waals surface area contributed by atoms with Gasteiger partial charge < -0.3 is 10.3 Å². The van der Waals surface area contributed by atoms with E-state index in [1.54, 1.807) is 0 Å². The van der Waals surface area contributed by atoms with E-state index in [4.69, 9.17) is 10.7 Å². The molecule has 0 bridgehead atoms. The predicted molar refractivity (Wildman–Crippen MR) is 85.5 cm³/mol. The minimum absolute atomic E-state index is 0.805. The summed E-state index contributed by atoms with van der Waals surface area (Å²) in [5.41, 5.74) is 8.35. The summed E-state index contributed by atoms with van der Waals surface area (Å²) in [6, 6.07) is 10.2. The van der Waals surface area contributed by atoms with E-state index in [0.717, 1.165) is 29.3 Å². The van der Waals surface area contributed by atoms with E-state index in [-0.39, 0.29) is 0 Å². The van der Waals surface area contributed by atoms with Crippen LogP contribution in [0.2, 0.25) is 0 Å². The summed E-state index contributed by atoms with van der Waals surface area (Å²) in [5, 5.41) is 0. The van der Waals surface area contributed by atoms with Crippen LogP contribution in [0.25, 0.3) is 11.4 Å². The maximum Gasteiger partial charge on any atom is 0.141 e. The standard InChI is InChI=1S/C17H25N3/c1-3-4-5-6-10-13-15-16(18)20(2)17(19-15)14-11-8-7-9-12-14/h7-9,11-12H,3-6,10,13,18H2,1-2H3. The quantitative estimate of drug-likeness (QED) is 0.768. The zero-order valence-corrected chi connectivity index (χ0v) is 12.6. The molecule has 2 aromatic rings. The van der Waals surface area contributed by atoms with E-state index in [0.29, 0.717) is 0 Å². The Morgan fingerprint density at radius 2 is 1.75 bits per heavy atom. The first-order chi connectivity index (χ1) is 9.74. The highest BCUT2D eigenvalue weighted by Gasteiger charge is 2.12. The van der Waals surface area contributed by atoms with Gasteiger partial charge in [0.15, 0.2) is 0 Å². The van der Waals surface area contributed by atoms with Crippen molar-refractivity contribution >= 4 is 5.82 Å². The molecule has 0 saturated heterocycles. The molecule has 1 aromatic heterocycles. The van der Waals surface area contributed by atoms with Gasteiger partial charge in [-0.1, -0.05) is 62.9 Å². The Labute approximate surface area is 121 Å². The minimum atomic E-state index is 0.805. The Balaban J connectivity index is 2.05. The highest BCUT2D eigenvalue weighted by molar-refractivity contribution is 5.60. The molecule has 2 N–H and O–H groups in total. The molecule has 1 heterocycles. The van der Waals surface area contributed by atoms with Crippen molar-refractivity contribution in [2.24, 2.45) is 7.05 Å². The third-order valence-electron chi connectivity index (χ3n) is 3.76. The van der Waals surface area contributed by atoms with E-state index in [1.807, 2.05) is 29.8 Å². The number of anilines is 1. The van der Waals surface area contributed by atoms with Gasteiger partial charge in [0.1, 0.15) is 11.6 Å². The van der Waals surface area contributed by atoms with E-state index in [2.05, 4.69) is 19.1 Å². The van der Waals surface area contributed by atoms with Crippen molar-refractivity contribution < 1.29 is 0 Å². The van der Waals surface area contributed by atoms with Gasteiger partial charge in [-0.25, -0.2) is 4.98 Å². The zero-order chi connectivity index (χ0) is 14.4. The van der Waals surface area contributed by atoms with Crippen LogP contribution in [-0.2, 0) is 13.5 Å². The molecule has 1 aromatic carbocycles. The van der Waals surface area contributed by atoms with Crippen molar-refractivity contribution in [3.63, 3.8) is 0 Å². The molecule has 0 atom stereocenters. The lowest BCUT2D eigenvalue weighted by Crippen LogP contribution is -2.00. The van der Waals surface area contributed by atoms with Gasteiger partial charge in [-0.15, -0.1) is 0 Å². The number of nitrogens with two attached hydrogens (primary N) is 1. The summed E-state index contributed by atoms with van der Waals surface area (Å²) < 4.78 is 2.00. The number of benzene rings is 1. The van der Waals surface area contributed by atoms with Crippen molar-refractivity contribution in [1.82, 2.24) is 9.55 Å². The van der Waals surface area contributed by atoms with Crippen molar-refractivity contribution in [2.75, 3.05) is 5.73 Å². The molecule has 0 unspecified atom stereocenters. The molecule has 3 heteroatoms. The van der Waals surface area contributed by atoms with Gasteiger partial charge in [-0.3, -0.25) is 0 Å². The fourth-order valence-corrected chi connectivity index (χ4v) is 2.49. The van der Waals surface area contributed by atoms with Crippen molar-refractivity contribution in [3.05, 3.63) is 36.0 Å². The second-order valence-corrected chi connectivity index (χ2v) is 5.36. The van der Waals surface area contributed by atoms with Crippen molar-refractivity contribution in [1.29, 1.82) is 0 Å². The third kappa shape index (κ3) is 3.41. The molecular weight excluding hydrogens is 246 g/mol. The maximum absolute atomic E-state index is 6.18. The molecule has 0 aliphatic carbocycles. The highest BCUT2D eigenvalue weighted by atomic mass is 15.1. The van der Waals surface area contributed by atoms with E-state index < -0.39 is 0 Å². The molecule has 2 rings (SSSR count). The summed E-state index contributed by atoms with van der Waals surface area (Å²) in [6.07, 6.45) is 7.35. The Morgan fingerprint density at radius 1 is 1.05 bits per heavy atom. The first kappa shape index (κ1) is 14.6. The van der Waals surface area contributed by atoms with Gasteiger partial charge in [0.05, 0.1) is 5.69 Å². The van der Waals surface area contributed by atoms with Crippen LogP contribution in [-0.4, -0.2) is 9.55 Å². The largest absolute Gasteiger partial charge is 0.384 e. The first-order valence-corrected chi connectivity index (χ1v) is 7.60. The Morgan fingerprint density at radius 3 is 2.45 bits per heavy atom. The number of rotatable bonds is 7. The van der Waals surface area contributed by atoms with E-state index in [1.165, 1.54) is 32.1 Å². The molecular formula is C17H25N3. The SMILES string of the molecule is CCCCCCCc1nc(-c2ccccc2)n(C)c1N. The molecule has 0 amide bonds. The number of aromatic nitrogens is 2. The van der Waals surface area contributed by atoms with Gasteiger partial charge >= 0.3 is 0 Å². The van der Waals surface area contributed by atoms with Gasteiger partial charge in [-0.2, -0.15) is 0 Å². The fraction of sp³-hybridized carbons (Fsp3) is 0.471. The van der Waals surface area contributed by atoms with Crippen LogP contribution in [0.1, 0.15) is 44.7 Å². The Kier molecular flexibility index (Phi) is 5.22. The van der Waals surface area contributed by atoms with Gasteiger partial charge in [-0.05, 0) is 12.8 Å². The second-order valence-electron chi connectivity index (χ2n) is 5.36. The molecule has 0 saturated carbocycles. The molecule has 108 valence electrons. The average Bonchev–Trinajstić information content (AvgIpc) is 2.76. The van der Waals surface area contributed by atoms with Crippen LogP contribution in [0.3, 0.4) is 0 Å². The molecule has 0 aliphatic heterocycles. The van der Waals surface area contributed by atoms with Crippen LogP contribution in [0, 0.1) is 0 Å². The maximum atomic E-state index is 6.18. The number of nitrogen functional groups attached to an aromatic ring is 1. The lowest BCUT2D eigenvalue weighted by molar-refractivity contribution is 0.629. The summed E-state index contributed by atoms with van der Waals surface area (Å²) in [6.45, 7) is 2.24. The summed E-state index contributed by atoms with van der Waals surface area (Å²) >= 11 is 0. The number of hydrogen-bond acceptors (Lipinski definition) is 2. The van der Waals surface area contributed by atoms with Crippen LogP contribution < -0.4 is 5.73 Å². The molecule has 0 fully saturated rings. The minimum Gasteiger partial charge on any atom is -0.384 e. The van der Waals surface area contributed by atoms with E-state index >= 15 is 0 Å². The number of aryl methyl sites for hydroxylation is 1. The molecule has 3 nitrogen and oxygen atoms in total. The smallest absolute Gasteiger partial charge is 0.141 e. The molecule has 0 aliphatic rings. The Hall–Kier alpha value is -1.77. The number of unbranched alkanes of at least 4 members (excludes halogenated alkanes) is 4. The third-order valence-corrected chi connectivity index (χ3v) is 3.76. The number of nitrogens with zero attached hydrogens (tertiary/aromatic N) is 2. The fourth-order valence-electron chi connectivity index (χ4n) is 2.49. The monoisotopic (exact) mass is 271 g/mol. The molecule has 20 heavy (non-hydrogen) atoms. The van der Waals surface area contributed by atoms with Gasteiger partial charge in [0, 0.05) is 12.6 Å². The highest BCUT2D eigenvalue weighted by Crippen LogP contribution is 2.24. The Bertz CT molecular complexity index is 529. The topological polar surface area (TPSA) is 43.8 Å². The van der Waals surface area contributed by atoms with E-state index in [9.17, 15) is 0 Å². The van der Waals surface area contributed by atoms with Gasteiger partial charge in [0.2, 0.25) is 0 Å². The van der Waals surface area contributed by atoms with Crippen LogP contribution in [0.15, 0.2) is 30.3 Å². The first-order valence-electron chi connectivity index (χ1n) is 7.60. The lowest BCUT2D eigenvalue weighted by atomic mass is 10.1. The summed E-state index contributed by atoms with van der Waals surface area (Å²) in [5.74, 6) is 1.77. The second kappa shape index (κ2) is 7.13. The average molecular weight is 271 g/mol. The predicted octanol–water partition coefficient (Wildman–Crippen LogP) is 4.18. The molecule has 0 spiro atoms. The van der Waals surface area contributed by atoms with Crippen LogP contribution in [0.4, 0.5) is 5.82 Å². The zero-order valence-electron chi connectivity index (χ0n) is 12.6. The summed E-state index contributed by atoms with van der Waals surface area (Å²) in [4.78, 5) is 4.74.